The Labute approximate surface area is 135 Å². The minimum absolute atomic E-state index is 0.0323. The first kappa shape index (κ1) is 15.4. The molecule has 0 spiro atoms. The van der Waals surface area contributed by atoms with E-state index >= 15 is 0 Å². The molecule has 2 aromatic rings. The second kappa shape index (κ2) is 6.66. The van der Waals surface area contributed by atoms with Crippen molar-refractivity contribution in [1.29, 1.82) is 0 Å². The van der Waals surface area contributed by atoms with Crippen LogP contribution in [0.1, 0.15) is 22.8 Å². The van der Waals surface area contributed by atoms with Gasteiger partial charge in [0.25, 0.3) is 11.6 Å². The molecule has 0 heterocycles. The maximum Gasteiger partial charge on any atom is 0.269 e. The molecule has 108 valence electrons. The Morgan fingerprint density at radius 3 is 2.48 bits per heavy atom. The van der Waals surface area contributed by atoms with E-state index < -0.39 is 4.92 Å². The van der Waals surface area contributed by atoms with Gasteiger partial charge in [-0.25, -0.2) is 0 Å². The van der Waals surface area contributed by atoms with E-state index in [1.54, 1.807) is 0 Å². The lowest BCUT2D eigenvalue weighted by Gasteiger charge is -2.10. The molecule has 0 bridgehead atoms. The number of carbonyl (C=O) groups excluding carboxylic acids is 1. The minimum atomic E-state index is -0.490. The highest BCUT2D eigenvalue weighted by molar-refractivity contribution is 14.1. The zero-order valence-electron chi connectivity index (χ0n) is 11.3. The second-order valence-electron chi connectivity index (χ2n) is 4.41. The number of hydrogen-bond donors (Lipinski definition) is 1. The van der Waals surface area contributed by atoms with Gasteiger partial charge in [-0.05, 0) is 64.9 Å². The Morgan fingerprint density at radius 1 is 1.24 bits per heavy atom. The third-order valence-corrected chi connectivity index (χ3v) is 3.71. The molecule has 0 fully saturated rings. The average molecular weight is 396 g/mol. The number of anilines is 1. The number of nitro benzene ring substituents is 1. The zero-order chi connectivity index (χ0) is 15.4. The first-order chi connectivity index (χ1) is 10.0. The van der Waals surface area contributed by atoms with Crippen molar-refractivity contribution < 1.29 is 9.72 Å². The van der Waals surface area contributed by atoms with Crippen molar-refractivity contribution in [3.8, 4) is 0 Å². The number of aryl methyl sites for hydroxylation is 1. The maximum absolute atomic E-state index is 12.2. The van der Waals surface area contributed by atoms with Gasteiger partial charge in [-0.3, -0.25) is 14.9 Å². The summed E-state index contributed by atoms with van der Waals surface area (Å²) in [7, 11) is 0. The number of benzene rings is 2. The van der Waals surface area contributed by atoms with E-state index in [2.05, 4.69) is 27.9 Å². The largest absolute Gasteiger partial charge is 0.322 e. The summed E-state index contributed by atoms with van der Waals surface area (Å²) < 4.78 is 1.11. The van der Waals surface area contributed by atoms with Crippen LogP contribution >= 0.6 is 22.6 Å². The lowest BCUT2D eigenvalue weighted by Crippen LogP contribution is -2.13. The summed E-state index contributed by atoms with van der Waals surface area (Å²) in [4.78, 5) is 22.3. The van der Waals surface area contributed by atoms with Crippen molar-refractivity contribution in [2.75, 3.05) is 5.32 Å². The molecular formula is C15H13IN2O3. The lowest BCUT2D eigenvalue weighted by molar-refractivity contribution is -0.384. The minimum Gasteiger partial charge on any atom is -0.322 e. The second-order valence-corrected chi connectivity index (χ2v) is 5.66. The lowest BCUT2D eigenvalue weighted by atomic mass is 10.1. The fraction of sp³-hybridized carbons (Fsp3) is 0.133. The fourth-order valence-electron chi connectivity index (χ4n) is 1.91. The number of non-ortho nitro benzene ring substituents is 1. The van der Waals surface area contributed by atoms with Gasteiger partial charge in [-0.2, -0.15) is 0 Å². The molecule has 0 saturated heterocycles. The number of amides is 1. The SMILES string of the molecule is CCc1cc(I)ccc1NC(=O)c1ccc([N+](=O)[O-])cc1. The monoisotopic (exact) mass is 396 g/mol. The predicted octanol–water partition coefficient (Wildman–Crippen LogP) is 4.01. The summed E-state index contributed by atoms with van der Waals surface area (Å²) in [6, 6.07) is 11.4. The molecule has 1 amide bonds. The van der Waals surface area contributed by atoms with Gasteiger partial charge in [-0.15, -0.1) is 0 Å². The van der Waals surface area contributed by atoms with Gasteiger partial charge in [0.05, 0.1) is 4.92 Å². The van der Waals surface area contributed by atoms with Crippen molar-refractivity contribution in [2.45, 2.75) is 13.3 Å². The molecule has 2 aromatic carbocycles. The first-order valence-corrected chi connectivity index (χ1v) is 7.43. The van der Waals surface area contributed by atoms with E-state index in [-0.39, 0.29) is 11.6 Å². The Kier molecular flexibility index (Phi) is 4.89. The average Bonchev–Trinajstić information content (AvgIpc) is 2.49. The molecule has 0 aromatic heterocycles. The van der Waals surface area contributed by atoms with Crippen LogP contribution in [0, 0.1) is 13.7 Å². The van der Waals surface area contributed by atoms with Crippen LogP contribution in [0.25, 0.3) is 0 Å². The third-order valence-electron chi connectivity index (χ3n) is 3.04. The fourth-order valence-corrected chi connectivity index (χ4v) is 2.46. The Bertz CT molecular complexity index is 684. The Balaban J connectivity index is 2.19. The normalized spacial score (nSPS) is 10.2. The van der Waals surface area contributed by atoms with Crippen LogP contribution in [0.4, 0.5) is 11.4 Å². The van der Waals surface area contributed by atoms with Gasteiger partial charge in [0.15, 0.2) is 0 Å². The quantitative estimate of drug-likeness (QED) is 0.482. The number of halogens is 1. The summed E-state index contributed by atoms with van der Waals surface area (Å²) in [6.07, 6.45) is 0.812. The van der Waals surface area contributed by atoms with Crippen LogP contribution in [0.2, 0.25) is 0 Å². The van der Waals surface area contributed by atoms with Gasteiger partial charge in [-0.1, -0.05) is 6.92 Å². The summed E-state index contributed by atoms with van der Waals surface area (Å²) in [5, 5.41) is 13.4. The summed E-state index contributed by atoms with van der Waals surface area (Å²) in [6.45, 7) is 2.02. The first-order valence-electron chi connectivity index (χ1n) is 6.35. The number of rotatable bonds is 4. The summed E-state index contributed by atoms with van der Waals surface area (Å²) in [5.41, 5.74) is 2.18. The van der Waals surface area contributed by atoms with Gasteiger partial charge in [0, 0.05) is 27.0 Å². The van der Waals surface area contributed by atoms with Crippen LogP contribution in [-0.4, -0.2) is 10.8 Å². The van der Waals surface area contributed by atoms with Crippen molar-refractivity contribution >= 4 is 39.9 Å². The van der Waals surface area contributed by atoms with Gasteiger partial charge < -0.3 is 5.32 Å². The molecule has 0 aliphatic heterocycles. The van der Waals surface area contributed by atoms with E-state index in [1.807, 2.05) is 25.1 Å². The molecule has 0 radical (unpaired) electrons. The van der Waals surface area contributed by atoms with E-state index in [0.29, 0.717) is 5.56 Å². The number of nitrogens with one attached hydrogen (secondary N) is 1. The molecule has 1 N–H and O–H groups in total. The number of nitrogens with zero attached hydrogens (tertiary/aromatic N) is 1. The zero-order valence-corrected chi connectivity index (χ0v) is 13.5. The predicted molar refractivity (Wildman–Crippen MR) is 89.6 cm³/mol. The highest BCUT2D eigenvalue weighted by atomic mass is 127. The summed E-state index contributed by atoms with van der Waals surface area (Å²) >= 11 is 2.22. The maximum atomic E-state index is 12.2. The Hall–Kier alpha value is -1.96. The number of hydrogen-bond acceptors (Lipinski definition) is 3. The van der Waals surface area contributed by atoms with Gasteiger partial charge in [0.1, 0.15) is 0 Å². The molecule has 0 aliphatic carbocycles. The highest BCUT2D eigenvalue weighted by Crippen LogP contribution is 2.20. The number of nitro groups is 1. The van der Waals surface area contributed by atoms with E-state index in [1.165, 1.54) is 24.3 Å². The standard InChI is InChI=1S/C15H13IN2O3/c1-2-10-9-12(16)5-8-14(10)17-15(19)11-3-6-13(7-4-11)18(20)21/h3-9H,2H2,1H3,(H,17,19). The van der Waals surface area contributed by atoms with Crippen LogP contribution in [-0.2, 0) is 6.42 Å². The van der Waals surface area contributed by atoms with Crippen molar-refractivity contribution in [3.63, 3.8) is 0 Å². The van der Waals surface area contributed by atoms with Crippen LogP contribution < -0.4 is 5.32 Å². The van der Waals surface area contributed by atoms with E-state index in [9.17, 15) is 14.9 Å². The van der Waals surface area contributed by atoms with Crippen LogP contribution in [0.15, 0.2) is 42.5 Å². The molecule has 0 aliphatic rings. The number of carbonyl (C=O) groups is 1. The van der Waals surface area contributed by atoms with Crippen molar-refractivity contribution in [1.82, 2.24) is 0 Å². The molecule has 0 unspecified atom stereocenters. The summed E-state index contributed by atoms with van der Waals surface area (Å²) in [5.74, 6) is -0.277. The highest BCUT2D eigenvalue weighted by Gasteiger charge is 2.11. The van der Waals surface area contributed by atoms with E-state index in [0.717, 1.165) is 21.2 Å². The Morgan fingerprint density at radius 2 is 1.90 bits per heavy atom. The molecule has 0 saturated carbocycles. The smallest absolute Gasteiger partial charge is 0.269 e. The van der Waals surface area contributed by atoms with Crippen molar-refractivity contribution in [3.05, 3.63) is 67.3 Å². The van der Waals surface area contributed by atoms with Gasteiger partial charge in [0.2, 0.25) is 0 Å². The molecule has 2 rings (SSSR count). The topological polar surface area (TPSA) is 72.2 Å². The van der Waals surface area contributed by atoms with Crippen molar-refractivity contribution in [2.24, 2.45) is 0 Å². The molecule has 0 atom stereocenters. The molecule has 21 heavy (non-hydrogen) atoms. The van der Waals surface area contributed by atoms with Crippen LogP contribution in [0.5, 0.6) is 0 Å². The van der Waals surface area contributed by atoms with Crippen LogP contribution in [0.3, 0.4) is 0 Å². The van der Waals surface area contributed by atoms with E-state index in [4.69, 9.17) is 0 Å². The molecule has 5 nitrogen and oxygen atoms in total. The third kappa shape index (κ3) is 3.78. The molecular weight excluding hydrogens is 383 g/mol. The molecule has 6 heteroatoms. The van der Waals surface area contributed by atoms with Gasteiger partial charge >= 0.3 is 0 Å².